The molecule has 1 fully saturated rings. The van der Waals surface area contributed by atoms with Crippen LogP contribution in [-0.4, -0.2) is 48.7 Å². The number of carbonyl (C=O) groups is 1. The molecule has 3 aromatic rings. The smallest absolute Gasteiger partial charge is 0.257 e. The molecule has 1 saturated heterocycles. The Morgan fingerprint density at radius 3 is 2.41 bits per heavy atom. The predicted molar refractivity (Wildman–Crippen MR) is 119 cm³/mol. The first-order valence-corrected chi connectivity index (χ1v) is 10.8. The van der Waals surface area contributed by atoms with Gasteiger partial charge >= 0.3 is 0 Å². The third-order valence-electron chi connectivity index (χ3n) is 5.64. The molecular weight excluding hydrogens is 382 g/mol. The summed E-state index contributed by atoms with van der Waals surface area (Å²) in [5.74, 6) is 1.01. The SMILES string of the molecule is COc1ccc(N2CCCN(C(=O)c3c(-n4cccc4)sc(C)c3C)CC2)cc1. The van der Waals surface area contributed by atoms with Crippen molar-refractivity contribution >= 4 is 22.9 Å². The highest BCUT2D eigenvalue weighted by molar-refractivity contribution is 7.15. The first-order chi connectivity index (χ1) is 14.1. The van der Waals surface area contributed by atoms with Crippen molar-refractivity contribution in [3.05, 3.63) is 64.8 Å². The molecule has 1 aliphatic rings. The van der Waals surface area contributed by atoms with Gasteiger partial charge in [0.25, 0.3) is 5.91 Å². The first kappa shape index (κ1) is 19.6. The normalized spacial score (nSPS) is 14.7. The van der Waals surface area contributed by atoms with Gasteiger partial charge in [-0.3, -0.25) is 4.79 Å². The fourth-order valence-corrected chi connectivity index (χ4v) is 4.96. The minimum atomic E-state index is 0.145. The molecule has 3 heterocycles. The van der Waals surface area contributed by atoms with Crippen molar-refractivity contribution in [2.75, 3.05) is 38.2 Å². The van der Waals surface area contributed by atoms with Gasteiger partial charge in [-0.15, -0.1) is 11.3 Å². The predicted octanol–water partition coefficient (Wildman–Crippen LogP) is 4.52. The Hall–Kier alpha value is -2.73. The Balaban J connectivity index is 1.53. The molecule has 29 heavy (non-hydrogen) atoms. The number of hydrogen-bond donors (Lipinski definition) is 0. The lowest BCUT2D eigenvalue weighted by atomic mass is 10.1. The van der Waals surface area contributed by atoms with Crippen LogP contribution < -0.4 is 9.64 Å². The van der Waals surface area contributed by atoms with Crippen molar-refractivity contribution < 1.29 is 9.53 Å². The summed E-state index contributed by atoms with van der Waals surface area (Å²) in [5, 5.41) is 1.02. The van der Waals surface area contributed by atoms with Crippen molar-refractivity contribution in [2.45, 2.75) is 20.3 Å². The minimum Gasteiger partial charge on any atom is -0.497 e. The number of rotatable bonds is 4. The van der Waals surface area contributed by atoms with Crippen LogP contribution in [0.4, 0.5) is 5.69 Å². The molecule has 6 heteroatoms. The van der Waals surface area contributed by atoms with Crippen LogP contribution in [0.3, 0.4) is 0 Å². The Labute approximate surface area is 176 Å². The Morgan fingerprint density at radius 1 is 1.00 bits per heavy atom. The number of nitrogens with zero attached hydrogens (tertiary/aromatic N) is 3. The summed E-state index contributed by atoms with van der Waals surface area (Å²) >= 11 is 1.69. The van der Waals surface area contributed by atoms with E-state index in [-0.39, 0.29) is 5.91 Å². The second kappa shape index (κ2) is 8.33. The van der Waals surface area contributed by atoms with Crippen molar-refractivity contribution in [3.8, 4) is 10.8 Å². The second-order valence-electron chi connectivity index (χ2n) is 7.38. The molecule has 1 amide bonds. The van der Waals surface area contributed by atoms with Gasteiger partial charge < -0.3 is 19.1 Å². The number of thiophene rings is 1. The quantitative estimate of drug-likeness (QED) is 0.636. The molecule has 0 spiro atoms. The molecule has 0 radical (unpaired) electrons. The molecule has 1 aromatic carbocycles. The van der Waals surface area contributed by atoms with Crippen LogP contribution in [-0.2, 0) is 0 Å². The summed E-state index contributed by atoms with van der Waals surface area (Å²) in [6.07, 6.45) is 4.98. The third-order valence-corrected chi connectivity index (χ3v) is 6.86. The third kappa shape index (κ3) is 3.90. The van der Waals surface area contributed by atoms with Gasteiger partial charge in [-0.05, 0) is 62.2 Å². The Bertz CT molecular complexity index is 976. The Morgan fingerprint density at radius 2 is 1.72 bits per heavy atom. The molecular formula is C23H27N3O2S. The number of methoxy groups -OCH3 is 1. The summed E-state index contributed by atoms with van der Waals surface area (Å²) in [6, 6.07) is 12.2. The highest BCUT2D eigenvalue weighted by atomic mass is 32.1. The van der Waals surface area contributed by atoms with E-state index in [1.54, 1.807) is 18.4 Å². The number of carbonyl (C=O) groups excluding carboxylic acids is 1. The van der Waals surface area contributed by atoms with Gasteiger partial charge in [-0.25, -0.2) is 0 Å². The standard InChI is InChI=1S/C23H27N3O2S/c1-17-18(2)29-23(26-11-4-5-12-26)21(17)22(27)25-14-6-13-24(15-16-25)19-7-9-20(28-3)10-8-19/h4-5,7-12H,6,13-16H2,1-3H3. The van der Waals surface area contributed by atoms with Gasteiger partial charge in [-0.1, -0.05) is 0 Å². The maximum absolute atomic E-state index is 13.5. The molecule has 0 bridgehead atoms. The molecule has 4 rings (SSSR count). The molecule has 2 aromatic heterocycles. The lowest BCUT2D eigenvalue weighted by molar-refractivity contribution is 0.0767. The molecule has 1 aliphatic heterocycles. The van der Waals surface area contributed by atoms with Gasteiger partial charge in [0.2, 0.25) is 0 Å². The maximum atomic E-state index is 13.5. The van der Waals surface area contributed by atoms with Crippen molar-refractivity contribution in [1.82, 2.24) is 9.47 Å². The molecule has 0 aliphatic carbocycles. The van der Waals surface area contributed by atoms with E-state index in [1.807, 2.05) is 41.6 Å². The van der Waals surface area contributed by atoms with Gasteiger partial charge in [0, 0.05) is 49.1 Å². The topological polar surface area (TPSA) is 37.7 Å². The number of aromatic nitrogens is 1. The van der Waals surface area contributed by atoms with Gasteiger partial charge in [-0.2, -0.15) is 0 Å². The van der Waals surface area contributed by atoms with E-state index in [1.165, 1.54) is 10.6 Å². The van der Waals surface area contributed by atoms with Crippen molar-refractivity contribution in [1.29, 1.82) is 0 Å². The lowest BCUT2D eigenvalue weighted by Gasteiger charge is -2.24. The van der Waals surface area contributed by atoms with Crippen LogP contribution in [0.15, 0.2) is 48.8 Å². The average Bonchev–Trinajstić information content (AvgIpc) is 3.29. The number of aryl methyl sites for hydroxylation is 1. The average molecular weight is 410 g/mol. The van der Waals surface area contributed by atoms with E-state index in [4.69, 9.17) is 4.74 Å². The van der Waals surface area contributed by atoms with E-state index in [2.05, 4.69) is 35.4 Å². The van der Waals surface area contributed by atoms with Crippen molar-refractivity contribution in [2.24, 2.45) is 0 Å². The van der Waals surface area contributed by atoms with Gasteiger partial charge in [0.1, 0.15) is 10.8 Å². The number of ether oxygens (including phenoxy) is 1. The van der Waals surface area contributed by atoms with Crippen LogP contribution in [0.1, 0.15) is 27.2 Å². The first-order valence-electron chi connectivity index (χ1n) is 10.00. The second-order valence-corrected chi connectivity index (χ2v) is 8.59. The van der Waals surface area contributed by atoms with Crippen LogP contribution in [0, 0.1) is 13.8 Å². The summed E-state index contributed by atoms with van der Waals surface area (Å²) in [4.78, 5) is 19.1. The van der Waals surface area contributed by atoms with E-state index in [0.29, 0.717) is 0 Å². The van der Waals surface area contributed by atoms with E-state index >= 15 is 0 Å². The number of anilines is 1. The maximum Gasteiger partial charge on any atom is 0.257 e. The summed E-state index contributed by atoms with van der Waals surface area (Å²) in [5.41, 5.74) is 3.12. The van der Waals surface area contributed by atoms with Crippen LogP contribution in [0.5, 0.6) is 5.75 Å². The van der Waals surface area contributed by atoms with E-state index in [0.717, 1.165) is 54.5 Å². The monoisotopic (exact) mass is 409 g/mol. The molecule has 5 nitrogen and oxygen atoms in total. The van der Waals surface area contributed by atoms with Crippen LogP contribution in [0.2, 0.25) is 0 Å². The van der Waals surface area contributed by atoms with Gasteiger partial charge in [0.15, 0.2) is 0 Å². The number of hydrogen-bond acceptors (Lipinski definition) is 4. The molecule has 0 unspecified atom stereocenters. The Kier molecular flexibility index (Phi) is 5.62. The fourth-order valence-electron chi connectivity index (χ4n) is 3.84. The van der Waals surface area contributed by atoms with Crippen molar-refractivity contribution in [3.63, 3.8) is 0 Å². The summed E-state index contributed by atoms with van der Waals surface area (Å²) in [6.45, 7) is 7.45. The minimum absolute atomic E-state index is 0.145. The molecule has 152 valence electrons. The molecule has 0 saturated carbocycles. The highest BCUT2D eigenvalue weighted by Crippen LogP contribution is 2.32. The number of benzene rings is 1. The highest BCUT2D eigenvalue weighted by Gasteiger charge is 2.26. The molecule has 0 atom stereocenters. The fraction of sp³-hybridized carbons (Fsp3) is 0.348. The van der Waals surface area contributed by atoms with Crippen LogP contribution >= 0.6 is 11.3 Å². The zero-order valence-corrected chi connectivity index (χ0v) is 18.0. The number of amides is 1. The largest absolute Gasteiger partial charge is 0.497 e. The van der Waals surface area contributed by atoms with Gasteiger partial charge in [0.05, 0.1) is 12.7 Å². The van der Waals surface area contributed by atoms with Crippen LogP contribution in [0.25, 0.3) is 5.00 Å². The molecule has 0 N–H and O–H groups in total. The summed E-state index contributed by atoms with van der Waals surface area (Å²) < 4.78 is 7.32. The van der Waals surface area contributed by atoms with E-state index in [9.17, 15) is 4.79 Å². The van der Waals surface area contributed by atoms with E-state index < -0.39 is 0 Å². The zero-order chi connectivity index (χ0) is 20.4. The summed E-state index contributed by atoms with van der Waals surface area (Å²) in [7, 11) is 1.68. The lowest BCUT2D eigenvalue weighted by Crippen LogP contribution is -2.35. The zero-order valence-electron chi connectivity index (χ0n) is 17.2.